The SMILES string of the molecule is O=C(c1ccccc1)[C@@H]1[C@@H](c2ccc(Cl)cc2Cl)C2(C(=O)c3ccccc3C2=O)[C@H]2C=Cc3ccccc3N12. The molecule has 3 atom stereocenters. The van der Waals surface area contributed by atoms with Crippen LogP contribution in [0.15, 0.2) is 103 Å². The summed E-state index contributed by atoms with van der Waals surface area (Å²) in [6, 6.07) is 27.1. The maximum atomic E-state index is 14.6. The smallest absolute Gasteiger partial charge is 0.185 e. The average Bonchev–Trinajstić information content (AvgIpc) is 3.39. The van der Waals surface area contributed by atoms with Gasteiger partial charge in [-0.2, -0.15) is 0 Å². The van der Waals surface area contributed by atoms with Crippen LogP contribution in [0.3, 0.4) is 0 Å². The minimum Gasteiger partial charge on any atom is -0.352 e. The van der Waals surface area contributed by atoms with Crippen molar-refractivity contribution in [3.05, 3.63) is 141 Å². The van der Waals surface area contributed by atoms with Gasteiger partial charge in [0.2, 0.25) is 0 Å². The normalized spacial score (nSPS) is 22.1. The molecular formula is C33H21Cl2NO3. The van der Waals surface area contributed by atoms with Crippen molar-refractivity contribution in [3.8, 4) is 0 Å². The van der Waals surface area contributed by atoms with Gasteiger partial charge in [-0.15, -0.1) is 0 Å². The maximum Gasteiger partial charge on any atom is 0.185 e. The van der Waals surface area contributed by atoms with E-state index < -0.39 is 23.4 Å². The van der Waals surface area contributed by atoms with Crippen LogP contribution in [-0.2, 0) is 0 Å². The summed E-state index contributed by atoms with van der Waals surface area (Å²) in [5.41, 5.74) is 1.90. The number of fused-ring (bicyclic) bond motifs is 5. The summed E-state index contributed by atoms with van der Waals surface area (Å²) in [6.07, 6.45) is 3.84. The number of hydrogen-bond acceptors (Lipinski definition) is 4. The maximum absolute atomic E-state index is 14.6. The Bertz CT molecular complexity index is 1690. The molecule has 0 radical (unpaired) electrons. The molecule has 4 nitrogen and oxygen atoms in total. The second-order valence-corrected chi connectivity index (χ2v) is 11.0. The van der Waals surface area contributed by atoms with E-state index in [-0.39, 0.29) is 17.3 Å². The van der Waals surface area contributed by atoms with Crippen molar-refractivity contribution in [2.24, 2.45) is 5.41 Å². The number of nitrogens with zero attached hydrogens (tertiary/aromatic N) is 1. The van der Waals surface area contributed by atoms with E-state index in [1.54, 1.807) is 54.6 Å². The number of rotatable bonds is 3. The lowest BCUT2D eigenvalue weighted by atomic mass is 9.64. The predicted octanol–water partition coefficient (Wildman–Crippen LogP) is 7.31. The molecular weight excluding hydrogens is 529 g/mol. The van der Waals surface area contributed by atoms with E-state index in [1.165, 1.54) is 0 Å². The Morgan fingerprint density at radius 2 is 1.41 bits per heavy atom. The first kappa shape index (κ1) is 24.1. The van der Waals surface area contributed by atoms with E-state index in [4.69, 9.17) is 23.2 Å². The summed E-state index contributed by atoms with van der Waals surface area (Å²) in [5.74, 6) is -1.64. The van der Waals surface area contributed by atoms with Gasteiger partial charge in [0.15, 0.2) is 17.3 Å². The van der Waals surface area contributed by atoms with Crippen molar-refractivity contribution in [2.75, 3.05) is 4.90 Å². The molecule has 2 heterocycles. The standard InChI is InChI=1S/C33H21Cl2NO3/c34-21-15-16-24(25(35)18-21)28-29(30(37)20-9-2-1-3-10-20)36-26-13-7-4-8-19(26)14-17-27(36)33(28)31(38)22-11-5-6-12-23(22)32(33)39/h1-18,27-29H/t27-,28-,29+/m1/s1. The Balaban J connectivity index is 1.57. The zero-order valence-corrected chi connectivity index (χ0v) is 22.1. The quantitative estimate of drug-likeness (QED) is 0.198. The van der Waals surface area contributed by atoms with Gasteiger partial charge in [-0.3, -0.25) is 14.4 Å². The van der Waals surface area contributed by atoms with Crippen LogP contribution in [0.25, 0.3) is 6.08 Å². The van der Waals surface area contributed by atoms with Crippen molar-refractivity contribution < 1.29 is 14.4 Å². The highest BCUT2D eigenvalue weighted by molar-refractivity contribution is 6.36. The molecule has 190 valence electrons. The van der Waals surface area contributed by atoms with Gasteiger partial charge in [-0.05, 0) is 29.3 Å². The molecule has 0 aromatic heterocycles. The summed E-state index contributed by atoms with van der Waals surface area (Å²) in [6.45, 7) is 0. The third kappa shape index (κ3) is 3.22. The van der Waals surface area contributed by atoms with Crippen LogP contribution >= 0.6 is 23.2 Å². The molecule has 1 spiro atoms. The van der Waals surface area contributed by atoms with Crippen LogP contribution in [0.1, 0.15) is 48.1 Å². The van der Waals surface area contributed by atoms with E-state index in [9.17, 15) is 14.4 Å². The fourth-order valence-corrected chi connectivity index (χ4v) is 7.31. The Hall–Kier alpha value is -3.99. The number of hydrogen-bond donors (Lipinski definition) is 0. The summed E-state index contributed by atoms with van der Waals surface area (Å²) < 4.78 is 0. The lowest BCUT2D eigenvalue weighted by molar-refractivity contribution is 0.0666. The first-order valence-electron chi connectivity index (χ1n) is 12.7. The van der Waals surface area contributed by atoms with Gasteiger partial charge in [0, 0.05) is 38.3 Å². The monoisotopic (exact) mass is 549 g/mol. The van der Waals surface area contributed by atoms with Crippen molar-refractivity contribution in [1.29, 1.82) is 0 Å². The van der Waals surface area contributed by atoms with E-state index in [0.29, 0.717) is 32.3 Å². The Labute approximate surface area is 235 Å². The number of anilines is 1. The number of benzene rings is 4. The minimum atomic E-state index is -1.60. The Kier molecular flexibility index (Phi) is 5.41. The topological polar surface area (TPSA) is 54.5 Å². The fraction of sp³-hybridized carbons (Fsp3) is 0.121. The van der Waals surface area contributed by atoms with Gasteiger partial charge in [0.1, 0.15) is 11.5 Å². The van der Waals surface area contributed by atoms with E-state index in [1.807, 2.05) is 59.5 Å². The highest BCUT2D eigenvalue weighted by Crippen LogP contribution is 2.61. The average molecular weight is 550 g/mol. The molecule has 4 aromatic rings. The Morgan fingerprint density at radius 3 is 2.10 bits per heavy atom. The molecule has 2 aliphatic heterocycles. The third-order valence-electron chi connectivity index (χ3n) is 8.34. The van der Waals surface area contributed by atoms with E-state index in [2.05, 4.69) is 0 Å². The zero-order chi connectivity index (χ0) is 26.9. The number of Topliss-reactive ketones (excluding diaryl/α,β-unsaturated/α-hetero) is 3. The van der Waals surface area contributed by atoms with Gasteiger partial charge in [0.05, 0.1) is 6.04 Å². The molecule has 39 heavy (non-hydrogen) atoms. The molecule has 0 amide bonds. The van der Waals surface area contributed by atoms with Crippen LogP contribution in [0.2, 0.25) is 10.0 Å². The van der Waals surface area contributed by atoms with Crippen molar-refractivity contribution in [1.82, 2.24) is 0 Å². The van der Waals surface area contributed by atoms with E-state index in [0.717, 1.165) is 11.3 Å². The summed E-state index contributed by atoms with van der Waals surface area (Å²) >= 11 is 13.1. The molecule has 6 heteroatoms. The zero-order valence-electron chi connectivity index (χ0n) is 20.6. The second-order valence-electron chi connectivity index (χ2n) is 10.2. The molecule has 1 saturated heterocycles. The second kappa shape index (κ2) is 8.77. The molecule has 1 fully saturated rings. The van der Waals surface area contributed by atoms with Gasteiger partial charge >= 0.3 is 0 Å². The van der Waals surface area contributed by atoms with Crippen molar-refractivity contribution in [3.63, 3.8) is 0 Å². The van der Waals surface area contributed by atoms with Crippen LogP contribution in [0.4, 0.5) is 5.69 Å². The molecule has 0 saturated carbocycles. The molecule has 7 rings (SSSR count). The molecule has 3 aliphatic rings. The summed E-state index contributed by atoms with van der Waals surface area (Å²) in [4.78, 5) is 45.7. The first-order valence-corrected chi connectivity index (χ1v) is 13.5. The van der Waals surface area contributed by atoms with E-state index >= 15 is 0 Å². The van der Waals surface area contributed by atoms with Crippen molar-refractivity contribution >= 4 is 52.3 Å². The molecule has 1 aliphatic carbocycles. The predicted molar refractivity (Wildman–Crippen MR) is 153 cm³/mol. The Morgan fingerprint density at radius 1 is 0.769 bits per heavy atom. The van der Waals surface area contributed by atoms with Gasteiger partial charge < -0.3 is 4.90 Å². The summed E-state index contributed by atoms with van der Waals surface area (Å²) in [7, 11) is 0. The number of halogens is 2. The molecule has 0 N–H and O–H groups in total. The number of ketones is 3. The van der Waals surface area contributed by atoms with Gasteiger partial charge in [-0.1, -0.05) is 114 Å². The highest BCUT2D eigenvalue weighted by atomic mass is 35.5. The first-order chi connectivity index (χ1) is 18.9. The number of carbonyl (C=O) groups excluding carboxylic acids is 3. The number of para-hydroxylation sites is 1. The molecule has 4 aromatic carbocycles. The van der Waals surface area contributed by atoms with Gasteiger partial charge in [0.25, 0.3) is 0 Å². The summed E-state index contributed by atoms with van der Waals surface area (Å²) in [5, 5.41) is 0.739. The van der Waals surface area contributed by atoms with Crippen LogP contribution in [0.5, 0.6) is 0 Å². The lowest BCUT2D eigenvalue weighted by Gasteiger charge is -2.37. The largest absolute Gasteiger partial charge is 0.352 e. The third-order valence-corrected chi connectivity index (χ3v) is 8.90. The van der Waals surface area contributed by atoms with Crippen molar-refractivity contribution in [2.45, 2.75) is 18.0 Å². The molecule has 0 unspecified atom stereocenters. The van der Waals surface area contributed by atoms with Crippen LogP contribution in [0, 0.1) is 5.41 Å². The number of carbonyl (C=O) groups is 3. The molecule has 0 bridgehead atoms. The van der Waals surface area contributed by atoms with Gasteiger partial charge in [-0.25, -0.2) is 0 Å². The highest BCUT2D eigenvalue weighted by Gasteiger charge is 2.71. The lowest BCUT2D eigenvalue weighted by Crippen LogP contribution is -2.48. The van der Waals surface area contributed by atoms with Crippen LogP contribution in [-0.4, -0.2) is 29.4 Å². The van der Waals surface area contributed by atoms with Crippen LogP contribution < -0.4 is 4.90 Å². The fourth-order valence-electron chi connectivity index (χ4n) is 6.79. The minimum absolute atomic E-state index is 0.185.